The molecule has 1 aromatic heterocycles. The number of nitrogens with zero attached hydrogens (tertiary/aromatic N) is 2. The van der Waals surface area contributed by atoms with E-state index in [4.69, 9.17) is 5.73 Å². The van der Waals surface area contributed by atoms with Gasteiger partial charge in [0.1, 0.15) is 0 Å². The Morgan fingerprint density at radius 1 is 1.44 bits per heavy atom. The Bertz CT molecular complexity index is 361. The van der Waals surface area contributed by atoms with E-state index in [1.165, 1.54) is 4.88 Å². The highest BCUT2D eigenvalue weighted by atomic mass is 32.1. The third kappa shape index (κ3) is 2.77. The molecule has 4 atom stereocenters. The lowest BCUT2D eigenvalue weighted by Crippen LogP contribution is -2.40. The van der Waals surface area contributed by atoms with Gasteiger partial charge in [0.05, 0.1) is 6.04 Å². The van der Waals surface area contributed by atoms with Crippen LogP contribution in [0.1, 0.15) is 24.8 Å². The van der Waals surface area contributed by atoms with Crippen molar-refractivity contribution in [2.75, 3.05) is 27.2 Å². The lowest BCUT2D eigenvalue weighted by molar-refractivity contribution is 0.200. The summed E-state index contributed by atoms with van der Waals surface area (Å²) in [4.78, 5) is 6.31. The normalized spacial score (nSPS) is 28.8. The molecule has 0 amide bonds. The Balaban J connectivity index is 2.14. The van der Waals surface area contributed by atoms with Gasteiger partial charge in [0.15, 0.2) is 0 Å². The molecule has 0 spiro atoms. The van der Waals surface area contributed by atoms with Crippen LogP contribution in [-0.2, 0) is 0 Å². The molecule has 4 heteroatoms. The molecule has 0 radical (unpaired) electrons. The summed E-state index contributed by atoms with van der Waals surface area (Å²) in [6.07, 6.45) is 0. The Kier molecular flexibility index (Phi) is 4.43. The van der Waals surface area contributed by atoms with E-state index < -0.39 is 0 Å². The molecule has 1 saturated heterocycles. The molecule has 18 heavy (non-hydrogen) atoms. The van der Waals surface area contributed by atoms with Gasteiger partial charge in [-0.15, -0.1) is 11.3 Å². The summed E-state index contributed by atoms with van der Waals surface area (Å²) in [6, 6.07) is 5.53. The van der Waals surface area contributed by atoms with Gasteiger partial charge in [-0.25, -0.2) is 0 Å². The van der Waals surface area contributed by atoms with Crippen LogP contribution in [-0.4, -0.2) is 49.1 Å². The number of hydrogen-bond acceptors (Lipinski definition) is 4. The van der Waals surface area contributed by atoms with Gasteiger partial charge in [0.25, 0.3) is 0 Å². The van der Waals surface area contributed by atoms with Crippen LogP contribution in [0.4, 0.5) is 0 Å². The highest BCUT2D eigenvalue weighted by Crippen LogP contribution is 2.33. The van der Waals surface area contributed by atoms with Crippen molar-refractivity contribution in [3.8, 4) is 0 Å². The van der Waals surface area contributed by atoms with Crippen LogP contribution in [0, 0.1) is 5.92 Å². The number of thiophene rings is 1. The van der Waals surface area contributed by atoms with Crippen LogP contribution in [0.25, 0.3) is 0 Å². The van der Waals surface area contributed by atoms with Crippen molar-refractivity contribution in [3.63, 3.8) is 0 Å². The fourth-order valence-electron chi connectivity index (χ4n) is 3.12. The molecule has 0 aliphatic carbocycles. The standard InChI is InChI=1S/C14H25N3S/c1-10-8-17(9-12(10)16(3)4)14(11(2)15)13-6-5-7-18-13/h5-7,10-12,14H,8-9,15H2,1-4H3. The third-order valence-corrected chi connectivity index (χ3v) is 4.93. The zero-order chi connectivity index (χ0) is 13.3. The van der Waals surface area contributed by atoms with E-state index in [2.05, 4.69) is 55.3 Å². The Morgan fingerprint density at radius 3 is 2.61 bits per heavy atom. The van der Waals surface area contributed by atoms with Gasteiger partial charge in [0, 0.05) is 30.1 Å². The minimum atomic E-state index is 0.178. The lowest BCUT2D eigenvalue weighted by Gasteiger charge is -2.30. The van der Waals surface area contributed by atoms with Crippen molar-refractivity contribution in [2.45, 2.75) is 32.0 Å². The smallest absolute Gasteiger partial charge is 0.0591 e. The number of nitrogens with two attached hydrogens (primary N) is 1. The molecule has 1 fully saturated rings. The van der Waals surface area contributed by atoms with Crippen LogP contribution in [0.2, 0.25) is 0 Å². The van der Waals surface area contributed by atoms with Gasteiger partial charge in [-0.3, -0.25) is 4.90 Å². The maximum atomic E-state index is 6.23. The average molecular weight is 267 g/mol. The highest BCUT2D eigenvalue weighted by molar-refractivity contribution is 7.10. The van der Waals surface area contributed by atoms with Crippen LogP contribution < -0.4 is 5.73 Å². The van der Waals surface area contributed by atoms with E-state index in [1.807, 2.05) is 11.3 Å². The van der Waals surface area contributed by atoms with Gasteiger partial charge in [0.2, 0.25) is 0 Å². The minimum absolute atomic E-state index is 0.178. The first kappa shape index (κ1) is 14.0. The van der Waals surface area contributed by atoms with Crippen molar-refractivity contribution in [1.82, 2.24) is 9.80 Å². The summed E-state index contributed by atoms with van der Waals surface area (Å²) in [7, 11) is 4.35. The maximum absolute atomic E-state index is 6.23. The van der Waals surface area contributed by atoms with E-state index in [-0.39, 0.29) is 6.04 Å². The first-order valence-corrected chi connectivity index (χ1v) is 7.58. The molecule has 102 valence electrons. The van der Waals surface area contributed by atoms with E-state index in [0.717, 1.165) is 13.1 Å². The Labute approximate surface area is 115 Å². The van der Waals surface area contributed by atoms with E-state index in [9.17, 15) is 0 Å². The molecular formula is C14H25N3S. The van der Waals surface area contributed by atoms with Gasteiger partial charge in [-0.1, -0.05) is 13.0 Å². The third-order valence-electron chi connectivity index (χ3n) is 3.99. The van der Waals surface area contributed by atoms with Gasteiger partial charge in [-0.2, -0.15) is 0 Å². The quantitative estimate of drug-likeness (QED) is 0.906. The average Bonchev–Trinajstić information content (AvgIpc) is 2.88. The highest BCUT2D eigenvalue weighted by Gasteiger charge is 2.36. The van der Waals surface area contributed by atoms with Crippen molar-refractivity contribution in [3.05, 3.63) is 22.4 Å². The van der Waals surface area contributed by atoms with Crippen LogP contribution in [0.3, 0.4) is 0 Å². The lowest BCUT2D eigenvalue weighted by atomic mass is 10.1. The van der Waals surface area contributed by atoms with Crippen molar-refractivity contribution < 1.29 is 0 Å². The van der Waals surface area contributed by atoms with Gasteiger partial charge in [-0.05, 0) is 38.4 Å². The summed E-state index contributed by atoms with van der Waals surface area (Å²) in [5.41, 5.74) is 6.23. The van der Waals surface area contributed by atoms with Crippen LogP contribution in [0.5, 0.6) is 0 Å². The summed E-state index contributed by atoms with van der Waals surface area (Å²) < 4.78 is 0. The number of likely N-dealkylation sites (N-methyl/N-ethyl adjacent to an activating group) is 1. The molecule has 0 saturated carbocycles. The molecule has 3 nitrogen and oxygen atoms in total. The SMILES string of the molecule is CC(N)C(c1cccs1)N1CC(C)C(N(C)C)C1. The first-order chi connectivity index (χ1) is 8.50. The van der Waals surface area contributed by atoms with Crippen molar-refractivity contribution in [2.24, 2.45) is 11.7 Å². The van der Waals surface area contributed by atoms with E-state index >= 15 is 0 Å². The van der Waals surface area contributed by atoms with E-state index in [1.54, 1.807) is 0 Å². The fourth-order valence-corrected chi connectivity index (χ4v) is 4.09. The topological polar surface area (TPSA) is 32.5 Å². The van der Waals surface area contributed by atoms with Gasteiger partial charge >= 0.3 is 0 Å². The molecule has 1 aliphatic heterocycles. The van der Waals surface area contributed by atoms with Crippen molar-refractivity contribution >= 4 is 11.3 Å². The zero-order valence-electron chi connectivity index (χ0n) is 11.8. The summed E-state index contributed by atoms with van der Waals surface area (Å²) in [5.74, 6) is 0.709. The molecule has 4 unspecified atom stereocenters. The molecule has 2 rings (SSSR count). The number of hydrogen-bond donors (Lipinski definition) is 1. The van der Waals surface area contributed by atoms with Crippen LogP contribution >= 0.6 is 11.3 Å². The number of rotatable bonds is 4. The molecule has 1 aliphatic rings. The predicted octanol–water partition coefficient (Wildman–Crippen LogP) is 2.02. The molecule has 2 heterocycles. The molecular weight excluding hydrogens is 242 g/mol. The maximum Gasteiger partial charge on any atom is 0.0591 e. The molecule has 0 bridgehead atoms. The summed E-state index contributed by atoms with van der Waals surface area (Å²) in [5, 5.41) is 2.15. The Hall–Kier alpha value is -0.420. The second-order valence-corrected chi connectivity index (χ2v) is 6.76. The Morgan fingerprint density at radius 2 is 2.17 bits per heavy atom. The van der Waals surface area contributed by atoms with Gasteiger partial charge < -0.3 is 10.6 Å². The van der Waals surface area contributed by atoms with E-state index in [0.29, 0.717) is 18.0 Å². The minimum Gasteiger partial charge on any atom is -0.326 e. The summed E-state index contributed by atoms with van der Waals surface area (Å²) in [6.45, 7) is 6.74. The molecule has 1 aromatic rings. The second-order valence-electron chi connectivity index (χ2n) is 5.78. The molecule has 2 N–H and O–H groups in total. The zero-order valence-corrected chi connectivity index (χ0v) is 12.7. The predicted molar refractivity (Wildman–Crippen MR) is 78.9 cm³/mol. The van der Waals surface area contributed by atoms with Crippen LogP contribution in [0.15, 0.2) is 17.5 Å². The second kappa shape index (κ2) is 5.70. The largest absolute Gasteiger partial charge is 0.326 e. The first-order valence-electron chi connectivity index (χ1n) is 6.70. The summed E-state index contributed by atoms with van der Waals surface area (Å²) >= 11 is 1.82. The molecule has 0 aromatic carbocycles. The number of likely N-dealkylation sites (tertiary alicyclic amines) is 1. The fraction of sp³-hybridized carbons (Fsp3) is 0.714. The monoisotopic (exact) mass is 267 g/mol. The van der Waals surface area contributed by atoms with Crippen molar-refractivity contribution in [1.29, 1.82) is 0 Å².